The van der Waals surface area contributed by atoms with E-state index in [0.717, 1.165) is 12.5 Å². The third-order valence-electron chi connectivity index (χ3n) is 4.90. The zero-order valence-corrected chi connectivity index (χ0v) is 16.6. The predicted molar refractivity (Wildman–Crippen MR) is 104 cm³/mol. The number of carbonyl (C=O) groups is 1. The Labute approximate surface area is 171 Å². The summed E-state index contributed by atoms with van der Waals surface area (Å²) < 4.78 is 43.4. The van der Waals surface area contributed by atoms with Crippen molar-refractivity contribution in [2.75, 3.05) is 18.5 Å². The van der Waals surface area contributed by atoms with Crippen molar-refractivity contribution >= 4 is 11.8 Å². The first-order valence-electron chi connectivity index (χ1n) is 9.60. The smallest absolute Gasteiger partial charge is 0.416 e. The van der Waals surface area contributed by atoms with Crippen LogP contribution in [0.2, 0.25) is 0 Å². The van der Waals surface area contributed by atoms with Crippen molar-refractivity contribution in [2.24, 2.45) is 0 Å². The Morgan fingerprint density at radius 1 is 1.30 bits per heavy atom. The fourth-order valence-electron chi connectivity index (χ4n) is 3.36. The molecule has 7 nitrogen and oxygen atoms in total. The van der Waals surface area contributed by atoms with Crippen molar-refractivity contribution in [3.63, 3.8) is 0 Å². The second-order valence-corrected chi connectivity index (χ2v) is 7.12. The lowest BCUT2D eigenvalue weighted by Crippen LogP contribution is -2.49. The van der Waals surface area contributed by atoms with Crippen LogP contribution in [0.25, 0.3) is 11.3 Å². The highest BCUT2D eigenvalue weighted by Gasteiger charge is 2.31. The molecular formula is C20H23F3N4O3. The molecule has 1 aromatic carbocycles. The van der Waals surface area contributed by atoms with E-state index in [2.05, 4.69) is 20.8 Å². The third-order valence-corrected chi connectivity index (χ3v) is 4.90. The van der Waals surface area contributed by atoms with E-state index in [1.807, 2.05) is 0 Å². The largest absolute Gasteiger partial charge is 0.507 e. The average Bonchev–Trinajstić information content (AvgIpc) is 2.68. The van der Waals surface area contributed by atoms with Crippen LogP contribution in [0.3, 0.4) is 0 Å². The Balaban J connectivity index is 1.67. The highest BCUT2D eigenvalue weighted by Crippen LogP contribution is 2.36. The van der Waals surface area contributed by atoms with Gasteiger partial charge in [-0.15, -0.1) is 10.2 Å². The number of benzene rings is 1. The van der Waals surface area contributed by atoms with Crippen LogP contribution < -0.4 is 10.6 Å². The number of nitrogens with one attached hydrogen (secondary N) is 2. The number of esters is 1. The van der Waals surface area contributed by atoms with Gasteiger partial charge in [-0.1, -0.05) is 0 Å². The van der Waals surface area contributed by atoms with Gasteiger partial charge in [-0.25, -0.2) is 0 Å². The van der Waals surface area contributed by atoms with Gasteiger partial charge in [-0.3, -0.25) is 4.79 Å². The van der Waals surface area contributed by atoms with Gasteiger partial charge in [-0.2, -0.15) is 13.2 Å². The Morgan fingerprint density at radius 3 is 2.63 bits per heavy atom. The Bertz CT molecular complexity index is 913. The predicted octanol–water partition coefficient (Wildman–Crippen LogP) is 3.27. The first-order valence-corrected chi connectivity index (χ1v) is 9.60. The van der Waals surface area contributed by atoms with Crippen LogP contribution in [0.1, 0.15) is 30.9 Å². The zero-order valence-electron chi connectivity index (χ0n) is 16.6. The molecule has 10 heteroatoms. The third kappa shape index (κ3) is 4.99. The fraction of sp³-hybridized carbons (Fsp3) is 0.450. The Kier molecular flexibility index (Phi) is 6.45. The van der Waals surface area contributed by atoms with E-state index in [0.29, 0.717) is 42.7 Å². The summed E-state index contributed by atoms with van der Waals surface area (Å²) in [5.74, 6) is -0.263. The molecule has 1 aromatic heterocycles. The number of alkyl halides is 3. The van der Waals surface area contributed by atoms with Crippen molar-refractivity contribution in [3.05, 3.63) is 35.4 Å². The van der Waals surface area contributed by atoms with E-state index in [1.54, 1.807) is 19.9 Å². The summed E-state index contributed by atoms with van der Waals surface area (Å²) in [4.78, 5) is 11.8. The van der Waals surface area contributed by atoms with Gasteiger partial charge < -0.3 is 20.5 Å². The minimum Gasteiger partial charge on any atom is -0.507 e. The summed E-state index contributed by atoms with van der Waals surface area (Å²) in [6.07, 6.45) is -3.18. The molecule has 1 aliphatic rings. The molecule has 1 aliphatic heterocycles. The number of phenols is 1. The molecule has 0 spiro atoms. The normalized spacial score (nSPS) is 19.4. The van der Waals surface area contributed by atoms with E-state index in [-0.39, 0.29) is 23.6 Å². The van der Waals surface area contributed by atoms with Crippen LogP contribution >= 0.6 is 0 Å². The van der Waals surface area contributed by atoms with Crippen LogP contribution in [0.5, 0.6) is 5.75 Å². The minimum absolute atomic E-state index is 0.0368. The molecular weight excluding hydrogens is 401 g/mol. The van der Waals surface area contributed by atoms with Crippen LogP contribution in [0.15, 0.2) is 24.3 Å². The standard InChI is InChI=1S/C20H23F3N4O3/c1-3-30-19(29)15-7-5-13(10-24-15)25-17-8-11(2)18(27-26-17)14-6-4-12(9-16(14)28)20(21,22)23/h4,6,8-9,13,15,24,28H,3,5,7,10H2,1-2H3,(H,25,26)/t13?,15-/m1/s1. The molecule has 3 rings (SSSR count). The number of ether oxygens (including phenoxy) is 1. The summed E-state index contributed by atoms with van der Waals surface area (Å²) in [6.45, 7) is 4.39. The van der Waals surface area contributed by atoms with Gasteiger partial charge in [-0.05, 0) is 56.5 Å². The molecule has 2 heterocycles. The minimum atomic E-state index is -4.54. The molecule has 2 atom stereocenters. The Morgan fingerprint density at radius 2 is 2.07 bits per heavy atom. The maximum atomic E-state index is 12.8. The van der Waals surface area contributed by atoms with E-state index >= 15 is 0 Å². The van der Waals surface area contributed by atoms with Gasteiger partial charge >= 0.3 is 12.1 Å². The monoisotopic (exact) mass is 424 g/mol. The van der Waals surface area contributed by atoms with Crippen molar-refractivity contribution < 1.29 is 27.8 Å². The highest BCUT2D eigenvalue weighted by atomic mass is 19.4. The van der Waals surface area contributed by atoms with Crippen LogP contribution in [0, 0.1) is 6.92 Å². The molecule has 1 fully saturated rings. The number of carbonyl (C=O) groups excluding carboxylic acids is 1. The zero-order chi connectivity index (χ0) is 21.9. The molecule has 0 bridgehead atoms. The van der Waals surface area contributed by atoms with Gasteiger partial charge in [0, 0.05) is 18.2 Å². The number of aromatic nitrogens is 2. The summed E-state index contributed by atoms with van der Waals surface area (Å²) in [5.41, 5.74) is 0.196. The van der Waals surface area contributed by atoms with Gasteiger partial charge in [0.2, 0.25) is 0 Å². The first kappa shape index (κ1) is 21.8. The van der Waals surface area contributed by atoms with E-state index < -0.39 is 17.5 Å². The Hall–Kier alpha value is -2.88. The molecule has 1 unspecified atom stereocenters. The lowest BCUT2D eigenvalue weighted by Gasteiger charge is -2.29. The van der Waals surface area contributed by atoms with E-state index in [4.69, 9.17) is 4.74 Å². The van der Waals surface area contributed by atoms with Gasteiger partial charge in [0.1, 0.15) is 17.6 Å². The number of nitrogens with zero attached hydrogens (tertiary/aromatic N) is 2. The van der Waals surface area contributed by atoms with Crippen LogP contribution in [-0.2, 0) is 15.7 Å². The molecule has 30 heavy (non-hydrogen) atoms. The number of phenolic OH excluding ortho intramolecular Hbond substituents is 1. The number of anilines is 1. The van der Waals surface area contributed by atoms with Crippen molar-refractivity contribution in [1.82, 2.24) is 15.5 Å². The molecule has 162 valence electrons. The molecule has 3 N–H and O–H groups in total. The summed E-state index contributed by atoms with van der Waals surface area (Å²) in [5, 5.41) is 24.6. The SMILES string of the molecule is CCOC(=O)[C@H]1CCC(Nc2cc(C)c(-c3ccc(C(F)(F)F)cc3O)nn2)CN1. The van der Waals surface area contributed by atoms with Crippen molar-refractivity contribution in [2.45, 2.75) is 44.9 Å². The summed E-state index contributed by atoms with van der Waals surface area (Å²) in [7, 11) is 0. The maximum Gasteiger partial charge on any atom is 0.416 e. The molecule has 0 amide bonds. The van der Waals surface area contributed by atoms with E-state index in [9.17, 15) is 23.1 Å². The second-order valence-electron chi connectivity index (χ2n) is 7.12. The number of aryl methyl sites for hydroxylation is 1. The van der Waals surface area contributed by atoms with E-state index in [1.165, 1.54) is 6.07 Å². The highest BCUT2D eigenvalue weighted by molar-refractivity contribution is 5.76. The maximum absolute atomic E-state index is 12.8. The van der Waals surface area contributed by atoms with Crippen LogP contribution in [0.4, 0.5) is 19.0 Å². The molecule has 0 radical (unpaired) electrons. The summed E-state index contributed by atoms with van der Waals surface area (Å²) >= 11 is 0. The number of aromatic hydroxyl groups is 1. The van der Waals surface area contributed by atoms with Gasteiger partial charge in [0.25, 0.3) is 0 Å². The quantitative estimate of drug-likeness (QED) is 0.634. The second kappa shape index (κ2) is 8.86. The van der Waals surface area contributed by atoms with Crippen molar-refractivity contribution in [3.8, 4) is 17.0 Å². The lowest BCUT2D eigenvalue weighted by atomic mass is 10.0. The molecule has 1 saturated heterocycles. The van der Waals surface area contributed by atoms with Crippen LogP contribution in [-0.4, -0.2) is 46.5 Å². The number of hydrogen-bond donors (Lipinski definition) is 3. The van der Waals surface area contributed by atoms with Crippen molar-refractivity contribution in [1.29, 1.82) is 0 Å². The fourth-order valence-corrected chi connectivity index (χ4v) is 3.36. The number of piperidine rings is 1. The average molecular weight is 424 g/mol. The number of rotatable bonds is 5. The first-order chi connectivity index (χ1) is 14.2. The number of halogens is 3. The summed E-state index contributed by atoms with van der Waals surface area (Å²) in [6, 6.07) is 4.20. The molecule has 0 saturated carbocycles. The van der Waals surface area contributed by atoms with Gasteiger partial charge in [0.15, 0.2) is 0 Å². The topological polar surface area (TPSA) is 96.4 Å². The molecule has 0 aliphatic carbocycles. The lowest BCUT2D eigenvalue weighted by molar-refractivity contribution is -0.146. The van der Waals surface area contributed by atoms with Gasteiger partial charge in [0.05, 0.1) is 17.9 Å². The number of hydrogen-bond acceptors (Lipinski definition) is 7. The molecule has 2 aromatic rings.